The van der Waals surface area contributed by atoms with Crippen molar-refractivity contribution in [3.8, 4) is 0 Å². The fraction of sp³-hybridized carbons (Fsp3) is 0.438. The average Bonchev–Trinajstić information content (AvgIpc) is 2.85. The predicted octanol–water partition coefficient (Wildman–Crippen LogP) is 1.51. The molecule has 136 valence electrons. The number of carbonyl (C=O) groups excluding carboxylic acids is 2. The molecule has 1 aromatic carbocycles. The summed E-state index contributed by atoms with van der Waals surface area (Å²) in [7, 11) is 0. The van der Waals surface area contributed by atoms with Crippen LogP contribution in [0, 0.1) is 5.92 Å². The van der Waals surface area contributed by atoms with Crippen molar-refractivity contribution in [1.29, 1.82) is 0 Å². The normalized spacial score (nSPS) is 17.6. The van der Waals surface area contributed by atoms with Crippen molar-refractivity contribution in [2.75, 3.05) is 19.6 Å². The van der Waals surface area contributed by atoms with Crippen molar-refractivity contribution in [2.24, 2.45) is 5.92 Å². The lowest BCUT2D eigenvalue weighted by molar-refractivity contribution is -0.157. The number of hydrogen-bond acceptors (Lipinski definition) is 3. The molecule has 1 atom stereocenters. The van der Waals surface area contributed by atoms with Gasteiger partial charge in [0.25, 0.3) is 0 Å². The third-order valence-electron chi connectivity index (χ3n) is 3.79. The summed E-state index contributed by atoms with van der Waals surface area (Å²) in [5.74, 6) is -3.60. The maximum Gasteiger partial charge on any atom is 0.406 e. The van der Waals surface area contributed by atoms with Gasteiger partial charge in [0, 0.05) is 19.5 Å². The molecule has 2 amide bonds. The van der Waals surface area contributed by atoms with Gasteiger partial charge in [0.1, 0.15) is 13.1 Å². The van der Waals surface area contributed by atoms with E-state index in [9.17, 15) is 27.6 Å². The summed E-state index contributed by atoms with van der Waals surface area (Å²) in [5.41, 5.74) is 0.688. The van der Waals surface area contributed by atoms with Gasteiger partial charge in [0.15, 0.2) is 0 Å². The molecule has 1 heterocycles. The Balaban J connectivity index is 2.08. The summed E-state index contributed by atoms with van der Waals surface area (Å²) < 4.78 is 37.4. The predicted molar refractivity (Wildman–Crippen MR) is 80.2 cm³/mol. The molecule has 1 unspecified atom stereocenters. The fourth-order valence-corrected chi connectivity index (χ4v) is 2.74. The van der Waals surface area contributed by atoms with Crippen LogP contribution >= 0.6 is 0 Å². The molecule has 6 nitrogen and oxygen atoms in total. The van der Waals surface area contributed by atoms with E-state index in [4.69, 9.17) is 5.11 Å². The minimum Gasteiger partial charge on any atom is -0.480 e. The van der Waals surface area contributed by atoms with E-state index in [1.807, 2.05) is 0 Å². The van der Waals surface area contributed by atoms with Crippen molar-refractivity contribution in [1.82, 2.24) is 9.80 Å². The Hall–Kier alpha value is -2.58. The first-order valence-corrected chi connectivity index (χ1v) is 7.55. The van der Waals surface area contributed by atoms with Gasteiger partial charge in [-0.3, -0.25) is 14.4 Å². The number of hydrogen-bond donors (Lipinski definition) is 1. The van der Waals surface area contributed by atoms with Crippen molar-refractivity contribution < 1.29 is 32.7 Å². The van der Waals surface area contributed by atoms with Crippen LogP contribution in [0.2, 0.25) is 0 Å². The Morgan fingerprint density at radius 1 is 1.24 bits per heavy atom. The number of rotatable bonds is 6. The smallest absolute Gasteiger partial charge is 0.406 e. The molecule has 1 aromatic rings. The number of nitrogens with zero attached hydrogens (tertiary/aromatic N) is 2. The molecule has 1 aliphatic heterocycles. The van der Waals surface area contributed by atoms with Crippen molar-refractivity contribution >= 4 is 17.8 Å². The molecule has 0 saturated carbocycles. The van der Waals surface area contributed by atoms with E-state index in [2.05, 4.69) is 0 Å². The van der Waals surface area contributed by atoms with Gasteiger partial charge in [-0.1, -0.05) is 30.3 Å². The van der Waals surface area contributed by atoms with Gasteiger partial charge in [0.2, 0.25) is 11.8 Å². The van der Waals surface area contributed by atoms with Gasteiger partial charge in [-0.15, -0.1) is 0 Å². The molecular weight excluding hydrogens is 341 g/mol. The third kappa shape index (κ3) is 5.47. The molecular formula is C16H17F3N2O4. The molecule has 2 rings (SSSR count). The van der Waals surface area contributed by atoms with E-state index in [1.54, 1.807) is 30.3 Å². The quantitative estimate of drug-likeness (QED) is 0.836. The van der Waals surface area contributed by atoms with E-state index in [0.29, 0.717) is 10.5 Å². The zero-order valence-electron chi connectivity index (χ0n) is 13.2. The molecule has 0 aromatic heterocycles. The highest BCUT2D eigenvalue weighted by molar-refractivity contribution is 5.90. The van der Waals surface area contributed by atoms with Crippen LogP contribution < -0.4 is 0 Å². The van der Waals surface area contributed by atoms with Crippen LogP contribution in [-0.4, -0.2) is 58.5 Å². The van der Waals surface area contributed by atoms with Crippen LogP contribution in [0.1, 0.15) is 12.0 Å². The molecule has 1 aliphatic rings. The molecule has 0 spiro atoms. The molecule has 0 aliphatic carbocycles. The third-order valence-corrected chi connectivity index (χ3v) is 3.79. The van der Waals surface area contributed by atoms with Crippen LogP contribution in [0.3, 0.4) is 0 Å². The van der Waals surface area contributed by atoms with Crippen molar-refractivity contribution in [3.63, 3.8) is 0 Å². The van der Waals surface area contributed by atoms with Crippen LogP contribution in [0.15, 0.2) is 30.3 Å². The molecule has 9 heteroatoms. The number of alkyl halides is 3. The second kappa shape index (κ2) is 7.54. The molecule has 25 heavy (non-hydrogen) atoms. The maximum atomic E-state index is 12.5. The Morgan fingerprint density at radius 2 is 1.88 bits per heavy atom. The first kappa shape index (κ1) is 18.8. The Labute approximate surface area is 141 Å². The van der Waals surface area contributed by atoms with Gasteiger partial charge in [-0.05, 0) is 5.56 Å². The van der Waals surface area contributed by atoms with Crippen LogP contribution in [0.4, 0.5) is 13.2 Å². The number of carbonyl (C=O) groups is 3. The number of amides is 2. The van der Waals surface area contributed by atoms with E-state index >= 15 is 0 Å². The van der Waals surface area contributed by atoms with Crippen LogP contribution in [-0.2, 0) is 20.9 Å². The highest BCUT2D eigenvalue weighted by Gasteiger charge is 2.41. The van der Waals surface area contributed by atoms with E-state index in [-0.39, 0.29) is 19.5 Å². The summed E-state index contributed by atoms with van der Waals surface area (Å²) >= 11 is 0. The van der Waals surface area contributed by atoms with Crippen molar-refractivity contribution in [2.45, 2.75) is 19.1 Å². The first-order chi connectivity index (χ1) is 11.7. The van der Waals surface area contributed by atoms with E-state index in [0.717, 1.165) is 4.90 Å². The zero-order chi connectivity index (χ0) is 18.6. The number of halogens is 3. The number of benzene rings is 1. The summed E-state index contributed by atoms with van der Waals surface area (Å²) in [4.78, 5) is 36.9. The highest BCUT2D eigenvalue weighted by Crippen LogP contribution is 2.25. The lowest BCUT2D eigenvalue weighted by Crippen LogP contribution is -2.41. The summed E-state index contributed by atoms with van der Waals surface area (Å²) in [5, 5.41) is 8.99. The monoisotopic (exact) mass is 358 g/mol. The van der Waals surface area contributed by atoms with E-state index in [1.165, 1.54) is 0 Å². The Kier molecular flexibility index (Phi) is 5.66. The lowest BCUT2D eigenvalue weighted by atomic mass is 10.1. The van der Waals surface area contributed by atoms with Gasteiger partial charge in [0.05, 0.1) is 5.92 Å². The van der Waals surface area contributed by atoms with Crippen LogP contribution in [0.5, 0.6) is 0 Å². The van der Waals surface area contributed by atoms with Gasteiger partial charge in [-0.2, -0.15) is 13.2 Å². The molecule has 1 saturated heterocycles. The Morgan fingerprint density at radius 3 is 2.44 bits per heavy atom. The topological polar surface area (TPSA) is 77.9 Å². The second-order valence-corrected chi connectivity index (χ2v) is 5.86. The maximum absolute atomic E-state index is 12.5. The molecule has 0 bridgehead atoms. The molecule has 1 fully saturated rings. The zero-order valence-corrected chi connectivity index (χ0v) is 13.2. The average molecular weight is 358 g/mol. The summed E-state index contributed by atoms with van der Waals surface area (Å²) in [6, 6.07) is 8.62. The second-order valence-electron chi connectivity index (χ2n) is 5.86. The molecule has 1 N–H and O–H groups in total. The summed E-state index contributed by atoms with van der Waals surface area (Å²) in [6.07, 6.45) is -4.89. The van der Waals surface area contributed by atoms with Crippen LogP contribution in [0.25, 0.3) is 0 Å². The lowest BCUT2D eigenvalue weighted by Gasteiger charge is -2.24. The number of aliphatic carboxylic acids is 1. The van der Waals surface area contributed by atoms with Gasteiger partial charge < -0.3 is 14.9 Å². The van der Waals surface area contributed by atoms with Gasteiger partial charge >= 0.3 is 12.1 Å². The van der Waals surface area contributed by atoms with E-state index < -0.39 is 43.0 Å². The SMILES string of the molecule is O=C(O)CN(Cc1ccccc1)C(=O)C1CC(=O)N(CC(F)(F)F)C1. The summed E-state index contributed by atoms with van der Waals surface area (Å²) in [6.45, 7) is -2.34. The van der Waals surface area contributed by atoms with Gasteiger partial charge in [-0.25, -0.2) is 0 Å². The standard InChI is InChI=1S/C16H17F3N2O4/c17-16(18,19)10-21-8-12(6-13(21)22)15(25)20(9-14(23)24)7-11-4-2-1-3-5-11/h1-5,12H,6-10H2,(H,23,24). The number of likely N-dealkylation sites (tertiary alicyclic amines) is 1. The number of carboxylic acids is 1. The minimum absolute atomic E-state index is 0.00986. The fourth-order valence-electron chi connectivity index (χ4n) is 2.74. The highest BCUT2D eigenvalue weighted by atomic mass is 19.4. The Bertz CT molecular complexity index is 649. The van der Waals surface area contributed by atoms with Crippen molar-refractivity contribution in [3.05, 3.63) is 35.9 Å². The largest absolute Gasteiger partial charge is 0.480 e. The molecule has 0 radical (unpaired) electrons. The first-order valence-electron chi connectivity index (χ1n) is 7.55. The minimum atomic E-state index is -4.54. The number of carboxylic acid groups (broad SMARTS) is 1.